The van der Waals surface area contributed by atoms with Crippen LogP contribution in [0.15, 0.2) is 30.3 Å². The quantitative estimate of drug-likeness (QED) is 0.884. The fraction of sp³-hybridized carbons (Fsp3) is 0.650. The predicted octanol–water partition coefficient (Wildman–Crippen LogP) is 1.80. The number of anilines is 1. The van der Waals surface area contributed by atoms with Crippen molar-refractivity contribution in [3.63, 3.8) is 0 Å². The minimum absolute atomic E-state index is 0.0612. The summed E-state index contributed by atoms with van der Waals surface area (Å²) >= 11 is 0. The van der Waals surface area contributed by atoms with E-state index in [4.69, 9.17) is 0 Å². The summed E-state index contributed by atoms with van der Waals surface area (Å²) in [5, 5.41) is 3.23. The molecule has 1 amide bonds. The summed E-state index contributed by atoms with van der Waals surface area (Å²) in [6.45, 7) is 8.31. The van der Waals surface area contributed by atoms with Crippen molar-refractivity contribution >= 4 is 11.6 Å². The molecule has 2 saturated heterocycles. The van der Waals surface area contributed by atoms with Gasteiger partial charge in [0.1, 0.15) is 0 Å². The number of hydrogen-bond acceptors (Lipinski definition) is 4. The highest BCUT2D eigenvalue weighted by Gasteiger charge is 2.27. The van der Waals surface area contributed by atoms with Gasteiger partial charge >= 0.3 is 0 Å². The van der Waals surface area contributed by atoms with Crippen LogP contribution in [0.5, 0.6) is 0 Å². The number of likely N-dealkylation sites (tertiary alicyclic amines) is 1. The molecule has 2 heterocycles. The number of likely N-dealkylation sites (N-methyl/N-ethyl adjacent to an activating group) is 1. The molecule has 0 bridgehead atoms. The first kappa shape index (κ1) is 18.2. The molecule has 3 rings (SSSR count). The molecule has 138 valence electrons. The number of carbonyl (C=O) groups excluding carboxylic acids is 1. The summed E-state index contributed by atoms with van der Waals surface area (Å²) in [5.74, 6) is 0.206. The van der Waals surface area contributed by atoms with Gasteiger partial charge in [0.15, 0.2) is 0 Å². The lowest BCUT2D eigenvalue weighted by atomic mass is 10.0. The summed E-state index contributed by atoms with van der Waals surface area (Å²) in [4.78, 5) is 19.6. The van der Waals surface area contributed by atoms with Gasteiger partial charge in [0, 0.05) is 44.5 Å². The Hall–Kier alpha value is -1.59. The van der Waals surface area contributed by atoms with E-state index in [1.807, 2.05) is 0 Å². The number of piperazine rings is 1. The highest BCUT2D eigenvalue weighted by Crippen LogP contribution is 2.17. The van der Waals surface area contributed by atoms with Crippen molar-refractivity contribution in [1.82, 2.24) is 15.1 Å². The second kappa shape index (κ2) is 8.68. The molecule has 1 N–H and O–H groups in total. The third-order valence-corrected chi connectivity index (χ3v) is 5.49. The van der Waals surface area contributed by atoms with Crippen molar-refractivity contribution in [3.05, 3.63) is 30.3 Å². The van der Waals surface area contributed by atoms with Gasteiger partial charge in [-0.1, -0.05) is 24.6 Å². The van der Waals surface area contributed by atoms with Crippen LogP contribution in [0.3, 0.4) is 0 Å². The van der Waals surface area contributed by atoms with Crippen LogP contribution in [0.25, 0.3) is 0 Å². The molecule has 0 unspecified atom stereocenters. The molecule has 2 atom stereocenters. The van der Waals surface area contributed by atoms with Gasteiger partial charge in [0.05, 0.1) is 6.04 Å². The van der Waals surface area contributed by atoms with Gasteiger partial charge in [-0.05, 0) is 45.5 Å². The van der Waals surface area contributed by atoms with Gasteiger partial charge in [-0.25, -0.2) is 0 Å². The molecule has 2 fully saturated rings. The van der Waals surface area contributed by atoms with E-state index in [9.17, 15) is 4.79 Å². The molecular formula is C20H32N4O. The SMILES string of the molecule is C[C@H](CN1CCN(c2ccccc2)CC1)NC(=O)[C@H]1CCCCN1C. The molecule has 0 saturated carbocycles. The lowest BCUT2D eigenvalue weighted by Gasteiger charge is -2.38. The lowest BCUT2D eigenvalue weighted by molar-refractivity contribution is -0.127. The number of nitrogens with zero attached hydrogens (tertiary/aromatic N) is 3. The zero-order chi connectivity index (χ0) is 17.6. The molecule has 1 aromatic rings. The van der Waals surface area contributed by atoms with Crippen LogP contribution in [-0.2, 0) is 4.79 Å². The maximum Gasteiger partial charge on any atom is 0.237 e. The number of carbonyl (C=O) groups is 1. The van der Waals surface area contributed by atoms with E-state index in [0.29, 0.717) is 0 Å². The molecule has 0 spiro atoms. The van der Waals surface area contributed by atoms with Crippen LogP contribution in [0.1, 0.15) is 26.2 Å². The van der Waals surface area contributed by atoms with E-state index in [1.165, 1.54) is 12.1 Å². The fourth-order valence-corrected chi connectivity index (χ4v) is 4.01. The van der Waals surface area contributed by atoms with Gasteiger partial charge in [0.2, 0.25) is 5.91 Å². The Morgan fingerprint density at radius 2 is 1.84 bits per heavy atom. The average Bonchev–Trinajstić information content (AvgIpc) is 2.63. The second-order valence-corrected chi connectivity index (χ2v) is 7.53. The number of rotatable bonds is 5. The van der Waals surface area contributed by atoms with E-state index in [1.54, 1.807) is 0 Å². The van der Waals surface area contributed by atoms with Gasteiger partial charge in [-0.3, -0.25) is 14.6 Å². The van der Waals surface area contributed by atoms with Crippen molar-refractivity contribution in [2.75, 3.05) is 51.2 Å². The van der Waals surface area contributed by atoms with Gasteiger partial charge in [-0.15, -0.1) is 0 Å². The molecule has 25 heavy (non-hydrogen) atoms. The van der Waals surface area contributed by atoms with Gasteiger partial charge in [-0.2, -0.15) is 0 Å². The Labute approximate surface area is 152 Å². The van der Waals surface area contributed by atoms with E-state index in [2.05, 4.69) is 64.3 Å². The van der Waals surface area contributed by atoms with Crippen LogP contribution in [-0.4, -0.2) is 74.1 Å². The molecule has 0 aromatic heterocycles. The number of piperidine rings is 1. The van der Waals surface area contributed by atoms with Crippen LogP contribution in [0.2, 0.25) is 0 Å². The average molecular weight is 345 g/mol. The lowest BCUT2D eigenvalue weighted by Crippen LogP contribution is -2.54. The zero-order valence-corrected chi connectivity index (χ0v) is 15.7. The number of benzene rings is 1. The molecule has 0 aliphatic carbocycles. The number of para-hydroxylation sites is 1. The normalized spacial score (nSPS) is 24.1. The first-order valence-corrected chi connectivity index (χ1v) is 9.66. The molecule has 1 aromatic carbocycles. The molecule has 0 radical (unpaired) electrons. The van der Waals surface area contributed by atoms with Crippen LogP contribution >= 0.6 is 0 Å². The largest absolute Gasteiger partial charge is 0.369 e. The van der Waals surface area contributed by atoms with Gasteiger partial charge in [0.25, 0.3) is 0 Å². The summed E-state index contributed by atoms with van der Waals surface area (Å²) < 4.78 is 0. The predicted molar refractivity (Wildman–Crippen MR) is 103 cm³/mol. The van der Waals surface area contributed by atoms with Crippen molar-refractivity contribution in [1.29, 1.82) is 0 Å². The topological polar surface area (TPSA) is 38.8 Å². The molecular weight excluding hydrogens is 312 g/mol. The summed E-state index contributed by atoms with van der Waals surface area (Å²) in [6.07, 6.45) is 3.37. The molecule has 5 heteroatoms. The highest BCUT2D eigenvalue weighted by atomic mass is 16.2. The maximum atomic E-state index is 12.5. The van der Waals surface area contributed by atoms with E-state index in [-0.39, 0.29) is 18.0 Å². The minimum atomic E-state index is 0.0612. The number of amides is 1. The Morgan fingerprint density at radius 1 is 1.12 bits per heavy atom. The van der Waals surface area contributed by atoms with E-state index < -0.39 is 0 Å². The Bertz CT molecular complexity index is 542. The third kappa shape index (κ3) is 4.95. The van der Waals surface area contributed by atoms with Crippen LogP contribution < -0.4 is 10.2 Å². The van der Waals surface area contributed by atoms with Crippen molar-refractivity contribution in [2.45, 2.75) is 38.3 Å². The van der Waals surface area contributed by atoms with Gasteiger partial charge < -0.3 is 10.2 Å². The van der Waals surface area contributed by atoms with Crippen LogP contribution in [0.4, 0.5) is 5.69 Å². The highest BCUT2D eigenvalue weighted by molar-refractivity contribution is 5.82. The smallest absolute Gasteiger partial charge is 0.237 e. The Kier molecular flexibility index (Phi) is 6.32. The third-order valence-electron chi connectivity index (χ3n) is 5.49. The molecule has 2 aliphatic rings. The maximum absolute atomic E-state index is 12.5. The second-order valence-electron chi connectivity index (χ2n) is 7.53. The fourth-order valence-electron chi connectivity index (χ4n) is 4.01. The molecule has 5 nitrogen and oxygen atoms in total. The molecule has 2 aliphatic heterocycles. The first-order valence-electron chi connectivity index (χ1n) is 9.66. The van der Waals surface area contributed by atoms with Crippen LogP contribution in [0, 0.1) is 0 Å². The van der Waals surface area contributed by atoms with Crippen molar-refractivity contribution in [3.8, 4) is 0 Å². The number of nitrogens with one attached hydrogen (secondary N) is 1. The van der Waals surface area contributed by atoms with Crippen molar-refractivity contribution < 1.29 is 4.79 Å². The van der Waals surface area contributed by atoms with E-state index >= 15 is 0 Å². The van der Waals surface area contributed by atoms with Crippen molar-refractivity contribution in [2.24, 2.45) is 0 Å². The minimum Gasteiger partial charge on any atom is -0.369 e. The summed E-state index contributed by atoms with van der Waals surface area (Å²) in [7, 11) is 2.07. The monoisotopic (exact) mass is 344 g/mol. The summed E-state index contributed by atoms with van der Waals surface area (Å²) in [5.41, 5.74) is 1.31. The summed E-state index contributed by atoms with van der Waals surface area (Å²) in [6, 6.07) is 10.9. The number of hydrogen-bond donors (Lipinski definition) is 1. The van der Waals surface area contributed by atoms with E-state index in [0.717, 1.165) is 52.1 Å². The Balaban J connectivity index is 1.41. The Morgan fingerprint density at radius 3 is 2.52 bits per heavy atom. The zero-order valence-electron chi connectivity index (χ0n) is 15.7. The first-order chi connectivity index (χ1) is 12.1. The standard InChI is InChI=1S/C20H32N4O/c1-17(21-20(25)19-10-6-7-11-22(19)2)16-23-12-14-24(15-13-23)18-8-4-3-5-9-18/h3-5,8-9,17,19H,6-7,10-16H2,1-2H3,(H,21,25)/t17-,19-/m1/s1.